The summed E-state index contributed by atoms with van der Waals surface area (Å²) >= 11 is 0. The summed E-state index contributed by atoms with van der Waals surface area (Å²) in [5.74, 6) is -24.8. The van der Waals surface area contributed by atoms with E-state index in [0.29, 0.717) is 0 Å². The van der Waals surface area contributed by atoms with Crippen LogP contribution in [0.1, 0.15) is 0 Å². The van der Waals surface area contributed by atoms with Gasteiger partial charge in [-0.1, -0.05) is 0 Å². The van der Waals surface area contributed by atoms with Crippen LogP contribution in [0.2, 0.25) is 0 Å². The van der Waals surface area contributed by atoms with Crippen LogP contribution in [0, 0.1) is 0 Å². The van der Waals surface area contributed by atoms with Gasteiger partial charge in [-0.15, -0.1) is 0 Å². The molecule has 0 aromatic rings. The molecule has 1 aliphatic carbocycles. The average Bonchev–Trinajstić information content (AvgIpc) is 2.24. The van der Waals surface area contributed by atoms with Crippen molar-refractivity contribution in [3.63, 3.8) is 0 Å². The maximum absolute atomic E-state index is 12.5. The number of hydrogen-bond donors (Lipinski definition) is 0. The summed E-state index contributed by atoms with van der Waals surface area (Å²) in [4.78, 5) is 0. The zero-order chi connectivity index (χ0) is 12.9. The normalized spacial score (nSPS) is 29.4. The molecular formula is C7HF9. The molecule has 0 heterocycles. The van der Waals surface area contributed by atoms with E-state index >= 15 is 0 Å². The van der Waals surface area contributed by atoms with Crippen LogP contribution in [0.15, 0.2) is 23.3 Å². The van der Waals surface area contributed by atoms with Gasteiger partial charge in [-0.05, 0) is 0 Å². The summed E-state index contributed by atoms with van der Waals surface area (Å²) in [7, 11) is 0. The van der Waals surface area contributed by atoms with Gasteiger partial charge in [-0.3, -0.25) is 0 Å². The van der Waals surface area contributed by atoms with E-state index in [2.05, 4.69) is 0 Å². The number of hydrogen-bond acceptors (Lipinski definition) is 0. The zero-order valence-electron chi connectivity index (χ0n) is 6.98. The summed E-state index contributed by atoms with van der Waals surface area (Å²) < 4.78 is 112. The number of rotatable bonds is 0. The topological polar surface area (TPSA) is 0 Å². The lowest BCUT2D eigenvalue weighted by Crippen LogP contribution is -2.48. The van der Waals surface area contributed by atoms with E-state index in [1.807, 2.05) is 0 Å². The van der Waals surface area contributed by atoms with Crippen molar-refractivity contribution < 1.29 is 39.5 Å². The minimum atomic E-state index is -5.97. The Hall–Kier alpha value is -1.15. The standard InChI is InChI=1S/C7HF9/c8-1-2(9)4(11)6(13,14)7(15,16)5(12)3(1)10/h4H. The van der Waals surface area contributed by atoms with E-state index in [1.54, 1.807) is 0 Å². The van der Waals surface area contributed by atoms with Crippen molar-refractivity contribution in [1.29, 1.82) is 0 Å². The quantitative estimate of drug-likeness (QED) is 0.576. The van der Waals surface area contributed by atoms with Crippen molar-refractivity contribution in [2.75, 3.05) is 0 Å². The Balaban J connectivity index is 3.56. The highest BCUT2D eigenvalue weighted by Crippen LogP contribution is 2.51. The molecule has 0 saturated carbocycles. The second kappa shape index (κ2) is 3.42. The van der Waals surface area contributed by atoms with Gasteiger partial charge in [0.2, 0.25) is 12.0 Å². The molecule has 0 aromatic carbocycles. The molecule has 0 amide bonds. The van der Waals surface area contributed by atoms with Crippen molar-refractivity contribution in [1.82, 2.24) is 0 Å². The van der Waals surface area contributed by atoms with Crippen molar-refractivity contribution in [3.8, 4) is 0 Å². The first-order valence-electron chi connectivity index (χ1n) is 3.56. The molecule has 0 saturated heterocycles. The summed E-state index contributed by atoms with van der Waals surface area (Å²) in [5, 5.41) is 0. The molecule has 1 aliphatic rings. The summed E-state index contributed by atoms with van der Waals surface area (Å²) in [6, 6.07) is 0. The molecule has 0 N–H and O–H groups in total. The van der Waals surface area contributed by atoms with Crippen molar-refractivity contribution in [2.45, 2.75) is 18.0 Å². The van der Waals surface area contributed by atoms with E-state index in [9.17, 15) is 39.5 Å². The Labute approximate surface area is 82.0 Å². The highest BCUT2D eigenvalue weighted by atomic mass is 19.3. The minimum absolute atomic E-state index is 3.04. The van der Waals surface area contributed by atoms with Crippen LogP contribution >= 0.6 is 0 Å². The Morgan fingerprint density at radius 3 is 1.69 bits per heavy atom. The van der Waals surface area contributed by atoms with Crippen LogP contribution in [0.25, 0.3) is 0 Å². The Morgan fingerprint density at radius 2 is 1.25 bits per heavy atom. The van der Waals surface area contributed by atoms with E-state index in [1.165, 1.54) is 0 Å². The lowest BCUT2D eigenvalue weighted by Gasteiger charge is -2.25. The molecule has 0 aromatic heterocycles. The number of halogens is 9. The molecule has 0 spiro atoms. The Bertz CT molecular complexity index is 377. The van der Waals surface area contributed by atoms with E-state index in [0.717, 1.165) is 0 Å². The van der Waals surface area contributed by atoms with Crippen LogP contribution in [0.4, 0.5) is 39.5 Å². The van der Waals surface area contributed by atoms with Gasteiger partial charge in [0.1, 0.15) is 0 Å². The fourth-order valence-electron chi connectivity index (χ4n) is 0.915. The first-order valence-corrected chi connectivity index (χ1v) is 3.56. The molecule has 0 radical (unpaired) electrons. The molecular weight excluding hydrogens is 255 g/mol. The third kappa shape index (κ3) is 1.40. The van der Waals surface area contributed by atoms with E-state index in [4.69, 9.17) is 0 Å². The van der Waals surface area contributed by atoms with Gasteiger partial charge >= 0.3 is 11.8 Å². The molecule has 9 heteroatoms. The predicted octanol–water partition coefficient (Wildman–Crippen LogP) is 3.91. The number of alkyl halides is 5. The van der Waals surface area contributed by atoms with Gasteiger partial charge in [-0.25, -0.2) is 22.0 Å². The van der Waals surface area contributed by atoms with Crippen LogP contribution in [0.5, 0.6) is 0 Å². The van der Waals surface area contributed by atoms with Gasteiger partial charge in [0.15, 0.2) is 17.5 Å². The van der Waals surface area contributed by atoms with Crippen LogP contribution in [-0.4, -0.2) is 18.0 Å². The molecule has 1 atom stereocenters. The third-order valence-corrected chi connectivity index (χ3v) is 1.83. The van der Waals surface area contributed by atoms with Crippen LogP contribution in [-0.2, 0) is 0 Å². The van der Waals surface area contributed by atoms with Gasteiger partial charge in [0.05, 0.1) is 0 Å². The lowest BCUT2D eigenvalue weighted by atomic mass is 10.1. The summed E-state index contributed by atoms with van der Waals surface area (Å²) in [6.45, 7) is 0. The van der Waals surface area contributed by atoms with Crippen LogP contribution in [0.3, 0.4) is 0 Å². The lowest BCUT2D eigenvalue weighted by molar-refractivity contribution is -0.221. The van der Waals surface area contributed by atoms with Crippen molar-refractivity contribution in [2.24, 2.45) is 0 Å². The smallest absolute Gasteiger partial charge is 0.233 e. The molecule has 0 nitrogen and oxygen atoms in total. The highest BCUT2D eigenvalue weighted by Gasteiger charge is 2.69. The maximum Gasteiger partial charge on any atom is 0.367 e. The van der Waals surface area contributed by atoms with E-state index in [-0.39, 0.29) is 0 Å². The third-order valence-electron chi connectivity index (χ3n) is 1.83. The average molecular weight is 256 g/mol. The minimum Gasteiger partial charge on any atom is -0.233 e. The summed E-state index contributed by atoms with van der Waals surface area (Å²) in [6.07, 6.45) is -4.47. The fraction of sp³-hybridized carbons (Fsp3) is 0.429. The molecule has 92 valence electrons. The summed E-state index contributed by atoms with van der Waals surface area (Å²) in [5.41, 5.74) is 0. The highest BCUT2D eigenvalue weighted by molar-refractivity contribution is 5.35. The molecule has 0 bridgehead atoms. The Morgan fingerprint density at radius 1 is 0.812 bits per heavy atom. The molecule has 0 fully saturated rings. The van der Waals surface area contributed by atoms with Gasteiger partial charge in [-0.2, -0.15) is 17.6 Å². The first kappa shape index (κ1) is 12.9. The zero-order valence-corrected chi connectivity index (χ0v) is 6.98. The largest absolute Gasteiger partial charge is 0.367 e. The molecule has 1 unspecified atom stereocenters. The second-order valence-electron chi connectivity index (χ2n) is 2.85. The predicted molar refractivity (Wildman–Crippen MR) is 33.3 cm³/mol. The second-order valence-corrected chi connectivity index (χ2v) is 2.85. The first-order chi connectivity index (χ1) is 7.05. The van der Waals surface area contributed by atoms with E-state index < -0.39 is 41.3 Å². The number of allylic oxidation sites excluding steroid dienone is 4. The van der Waals surface area contributed by atoms with Gasteiger partial charge in [0.25, 0.3) is 0 Å². The van der Waals surface area contributed by atoms with Crippen molar-refractivity contribution in [3.05, 3.63) is 23.3 Å². The van der Waals surface area contributed by atoms with Gasteiger partial charge < -0.3 is 0 Å². The molecule has 0 aliphatic heterocycles. The molecule has 1 rings (SSSR count). The SMILES string of the molecule is FC1=C(F)C(F)C(F)(F)C(F)(F)C(F)=C1F. The van der Waals surface area contributed by atoms with Gasteiger partial charge in [0, 0.05) is 0 Å². The van der Waals surface area contributed by atoms with Crippen molar-refractivity contribution >= 4 is 0 Å². The fourth-order valence-corrected chi connectivity index (χ4v) is 0.915. The monoisotopic (exact) mass is 256 g/mol. The van der Waals surface area contributed by atoms with Crippen LogP contribution < -0.4 is 0 Å². The molecule has 16 heavy (non-hydrogen) atoms. The Kier molecular flexibility index (Phi) is 2.76. The maximum atomic E-state index is 12.5.